The summed E-state index contributed by atoms with van der Waals surface area (Å²) in [6, 6.07) is 5.73. The van der Waals surface area contributed by atoms with Crippen molar-refractivity contribution < 1.29 is 14.5 Å². The minimum Gasteiger partial charge on any atom is -0.462 e. The third-order valence-corrected chi connectivity index (χ3v) is 3.99. The van der Waals surface area contributed by atoms with E-state index in [1.807, 2.05) is 0 Å². The number of aromatic nitrogens is 1. The molecule has 0 saturated heterocycles. The van der Waals surface area contributed by atoms with Crippen molar-refractivity contribution in [2.45, 2.75) is 6.92 Å². The normalized spacial score (nSPS) is 10.3. The molecule has 2 aromatic rings. The molecule has 2 N–H and O–H groups in total. The van der Waals surface area contributed by atoms with E-state index in [9.17, 15) is 14.9 Å². The van der Waals surface area contributed by atoms with Crippen molar-refractivity contribution in [1.29, 1.82) is 0 Å². The summed E-state index contributed by atoms with van der Waals surface area (Å²) in [6.07, 6.45) is 0. The molecule has 7 nitrogen and oxygen atoms in total. The lowest BCUT2D eigenvalue weighted by molar-refractivity contribution is -0.384. The number of nitrogens with two attached hydrogens (primary N) is 1. The number of thiazole rings is 1. The van der Waals surface area contributed by atoms with Crippen LogP contribution >= 0.6 is 23.6 Å². The average Bonchev–Trinajstić information content (AvgIpc) is 2.74. The molecule has 1 aromatic carbocycles. The van der Waals surface area contributed by atoms with Crippen LogP contribution in [0.5, 0.6) is 0 Å². The van der Waals surface area contributed by atoms with E-state index in [1.54, 1.807) is 6.92 Å². The molecular weight excluding hydrogens is 314 g/mol. The van der Waals surface area contributed by atoms with Crippen molar-refractivity contribution >= 4 is 41.0 Å². The van der Waals surface area contributed by atoms with Crippen LogP contribution in [0, 0.1) is 14.1 Å². The number of hydrogen-bond acceptors (Lipinski definition) is 7. The molecular formula is C12H11N3O4S2. The van der Waals surface area contributed by atoms with Gasteiger partial charge < -0.3 is 10.5 Å². The van der Waals surface area contributed by atoms with Crippen molar-refractivity contribution in [1.82, 2.24) is 4.57 Å². The molecule has 21 heavy (non-hydrogen) atoms. The summed E-state index contributed by atoms with van der Waals surface area (Å²) in [5.41, 5.74) is 6.45. The van der Waals surface area contributed by atoms with E-state index in [2.05, 4.69) is 0 Å². The summed E-state index contributed by atoms with van der Waals surface area (Å²) >= 11 is 6.23. The van der Waals surface area contributed by atoms with Gasteiger partial charge in [0.2, 0.25) is 0 Å². The molecule has 0 aliphatic rings. The highest BCUT2D eigenvalue weighted by atomic mass is 32.1. The first-order valence-electron chi connectivity index (χ1n) is 5.89. The second-order valence-electron chi connectivity index (χ2n) is 3.91. The van der Waals surface area contributed by atoms with Crippen LogP contribution in [0.25, 0.3) is 5.69 Å². The zero-order valence-corrected chi connectivity index (χ0v) is 12.6. The molecule has 2 rings (SSSR count). The minimum atomic E-state index is -0.535. The predicted molar refractivity (Wildman–Crippen MR) is 81.5 cm³/mol. The quantitative estimate of drug-likeness (QED) is 0.401. The number of ether oxygens (including phenoxy) is 1. The van der Waals surface area contributed by atoms with Gasteiger partial charge in [-0.15, -0.1) is 0 Å². The lowest BCUT2D eigenvalue weighted by Gasteiger charge is -2.06. The number of esters is 1. The summed E-state index contributed by atoms with van der Waals surface area (Å²) in [6.45, 7) is 1.93. The molecule has 110 valence electrons. The lowest BCUT2D eigenvalue weighted by Crippen LogP contribution is -2.08. The number of nitrogens with zero attached hydrogens (tertiary/aromatic N) is 2. The maximum absolute atomic E-state index is 11.8. The Balaban J connectivity index is 2.47. The van der Waals surface area contributed by atoms with Crippen LogP contribution in [-0.2, 0) is 4.74 Å². The number of nitro groups is 1. The SMILES string of the molecule is CCOC(=O)c1sc(=S)n(-c2ccc([N+](=O)[O-])cc2)c1N. The number of carbonyl (C=O) groups is 1. The molecule has 0 aliphatic heterocycles. The number of benzene rings is 1. The van der Waals surface area contributed by atoms with Crippen LogP contribution in [0.3, 0.4) is 0 Å². The van der Waals surface area contributed by atoms with E-state index in [1.165, 1.54) is 28.8 Å². The van der Waals surface area contributed by atoms with E-state index in [0.717, 1.165) is 11.3 Å². The van der Waals surface area contributed by atoms with Crippen LogP contribution < -0.4 is 5.73 Å². The third kappa shape index (κ3) is 2.93. The first-order valence-corrected chi connectivity index (χ1v) is 7.11. The number of rotatable bonds is 4. The number of nitrogen functional groups attached to an aromatic ring is 1. The van der Waals surface area contributed by atoms with Gasteiger partial charge in [-0.1, -0.05) is 11.3 Å². The molecule has 9 heteroatoms. The highest BCUT2D eigenvalue weighted by Crippen LogP contribution is 2.27. The zero-order chi connectivity index (χ0) is 15.6. The maximum atomic E-state index is 11.8. The first-order chi connectivity index (χ1) is 9.95. The Bertz CT molecular complexity index is 749. The first kappa shape index (κ1) is 15.1. The van der Waals surface area contributed by atoms with Crippen LogP contribution in [-0.4, -0.2) is 22.1 Å². The summed E-state index contributed by atoms with van der Waals surface area (Å²) in [4.78, 5) is 22.1. The van der Waals surface area contributed by atoms with Gasteiger partial charge >= 0.3 is 5.97 Å². The number of anilines is 1. The number of hydrogen-bond donors (Lipinski definition) is 1. The summed E-state index contributed by atoms with van der Waals surface area (Å²) in [5, 5.41) is 10.6. The van der Waals surface area contributed by atoms with Crippen molar-refractivity contribution in [3.8, 4) is 5.69 Å². The van der Waals surface area contributed by atoms with Crippen LogP contribution in [0.4, 0.5) is 11.5 Å². The third-order valence-electron chi connectivity index (χ3n) is 2.63. The molecule has 1 aromatic heterocycles. The number of carbonyl (C=O) groups excluding carboxylic acids is 1. The van der Waals surface area contributed by atoms with E-state index in [4.69, 9.17) is 22.7 Å². The fraction of sp³-hybridized carbons (Fsp3) is 0.167. The van der Waals surface area contributed by atoms with Gasteiger partial charge in [0.15, 0.2) is 8.83 Å². The van der Waals surface area contributed by atoms with E-state index in [0.29, 0.717) is 9.64 Å². The van der Waals surface area contributed by atoms with Crippen LogP contribution in [0.2, 0.25) is 0 Å². The molecule has 0 unspecified atom stereocenters. The lowest BCUT2D eigenvalue weighted by atomic mass is 10.3. The molecule has 0 saturated carbocycles. The maximum Gasteiger partial charge on any atom is 0.352 e. The summed E-state index contributed by atoms with van der Waals surface area (Å²) < 4.78 is 6.75. The van der Waals surface area contributed by atoms with Crippen molar-refractivity contribution in [2.24, 2.45) is 0 Å². The monoisotopic (exact) mass is 325 g/mol. The van der Waals surface area contributed by atoms with Gasteiger partial charge in [-0.3, -0.25) is 14.7 Å². The molecule has 0 atom stereocenters. The fourth-order valence-corrected chi connectivity index (χ4v) is 2.96. The Kier molecular flexibility index (Phi) is 4.34. The molecule has 0 spiro atoms. The second kappa shape index (κ2) is 6.02. The summed E-state index contributed by atoms with van der Waals surface area (Å²) in [7, 11) is 0. The van der Waals surface area contributed by atoms with Gasteiger partial charge in [0.1, 0.15) is 5.82 Å². The molecule has 0 bridgehead atoms. The minimum absolute atomic E-state index is 0.0373. The van der Waals surface area contributed by atoms with Crippen molar-refractivity contribution in [2.75, 3.05) is 12.3 Å². The van der Waals surface area contributed by atoms with Crippen LogP contribution in [0.1, 0.15) is 16.6 Å². The Morgan fingerprint density at radius 2 is 2.10 bits per heavy atom. The largest absolute Gasteiger partial charge is 0.462 e. The van der Waals surface area contributed by atoms with E-state index in [-0.39, 0.29) is 23.0 Å². The average molecular weight is 325 g/mol. The van der Waals surface area contributed by atoms with Gasteiger partial charge in [-0.2, -0.15) is 0 Å². The van der Waals surface area contributed by atoms with Gasteiger partial charge in [-0.05, 0) is 31.3 Å². The molecule has 0 radical (unpaired) electrons. The molecule has 0 aliphatic carbocycles. The Morgan fingerprint density at radius 1 is 1.48 bits per heavy atom. The smallest absolute Gasteiger partial charge is 0.352 e. The van der Waals surface area contributed by atoms with Gasteiger partial charge in [0, 0.05) is 17.8 Å². The Labute approximate surface area is 128 Å². The highest BCUT2D eigenvalue weighted by molar-refractivity contribution is 7.73. The predicted octanol–water partition coefficient (Wildman–Crippen LogP) is 2.94. The van der Waals surface area contributed by atoms with Gasteiger partial charge in [0.25, 0.3) is 5.69 Å². The van der Waals surface area contributed by atoms with E-state index >= 15 is 0 Å². The fourth-order valence-electron chi connectivity index (χ4n) is 1.70. The Hall–Kier alpha value is -2.26. The zero-order valence-electron chi connectivity index (χ0n) is 10.9. The molecule has 0 fully saturated rings. The van der Waals surface area contributed by atoms with Gasteiger partial charge in [-0.25, -0.2) is 4.79 Å². The number of non-ortho nitro benzene ring substituents is 1. The van der Waals surface area contributed by atoms with Crippen LogP contribution in [0.15, 0.2) is 24.3 Å². The molecule has 1 heterocycles. The highest BCUT2D eigenvalue weighted by Gasteiger charge is 2.19. The topological polar surface area (TPSA) is 100 Å². The molecule has 0 amide bonds. The van der Waals surface area contributed by atoms with Crippen molar-refractivity contribution in [3.63, 3.8) is 0 Å². The van der Waals surface area contributed by atoms with Gasteiger partial charge in [0.05, 0.1) is 11.5 Å². The second-order valence-corrected chi connectivity index (χ2v) is 5.56. The number of nitro benzene ring substituents is 1. The summed E-state index contributed by atoms with van der Waals surface area (Å²) in [5.74, 6) is -0.371. The van der Waals surface area contributed by atoms with Crippen molar-refractivity contribution in [3.05, 3.63) is 43.2 Å². The van der Waals surface area contributed by atoms with E-state index < -0.39 is 10.9 Å². The standard InChI is InChI=1S/C12H11N3O4S2/c1-2-19-11(16)9-10(13)14(12(20)21-9)7-3-5-8(6-4-7)15(17)18/h3-6H,2,13H2,1H3. The Morgan fingerprint density at radius 3 is 2.62 bits per heavy atom.